The van der Waals surface area contributed by atoms with E-state index in [9.17, 15) is 10.1 Å². The van der Waals surface area contributed by atoms with Gasteiger partial charge in [0.15, 0.2) is 0 Å². The van der Waals surface area contributed by atoms with Crippen molar-refractivity contribution in [3.63, 3.8) is 0 Å². The zero-order chi connectivity index (χ0) is 14.3. The van der Waals surface area contributed by atoms with Gasteiger partial charge in [0.2, 0.25) is 5.75 Å². The molecule has 0 bridgehead atoms. The van der Waals surface area contributed by atoms with Crippen LogP contribution in [0.25, 0.3) is 0 Å². The van der Waals surface area contributed by atoms with Crippen LogP contribution >= 0.6 is 0 Å². The second-order valence-corrected chi connectivity index (χ2v) is 3.46. The van der Waals surface area contributed by atoms with Gasteiger partial charge in [0.05, 0.1) is 24.4 Å². The third-order valence-electron chi connectivity index (χ3n) is 2.22. The Balaban J connectivity index is 3.31. The number of rotatable bonds is 7. The van der Waals surface area contributed by atoms with Gasteiger partial charge in [0.1, 0.15) is 5.75 Å². The normalized spacial score (nSPS) is 10.5. The van der Waals surface area contributed by atoms with Crippen LogP contribution in [0.2, 0.25) is 0 Å². The van der Waals surface area contributed by atoms with E-state index in [1.54, 1.807) is 14.0 Å². The minimum Gasteiger partial charge on any atom is -0.493 e. The van der Waals surface area contributed by atoms with Gasteiger partial charge in [-0.15, -0.1) is 0 Å². The predicted octanol–water partition coefficient (Wildman–Crippen LogP) is 1.95. The molecule has 1 aromatic rings. The highest BCUT2D eigenvalue weighted by Crippen LogP contribution is 2.34. The molecule has 0 aliphatic heterocycles. The Morgan fingerprint density at radius 1 is 1.32 bits per heavy atom. The minimum absolute atomic E-state index is 0.108. The van der Waals surface area contributed by atoms with E-state index >= 15 is 0 Å². The number of nitrogens with zero attached hydrogens (tertiary/aromatic N) is 2. The van der Waals surface area contributed by atoms with E-state index in [1.165, 1.54) is 18.3 Å². The van der Waals surface area contributed by atoms with Crippen LogP contribution in [0.3, 0.4) is 0 Å². The van der Waals surface area contributed by atoms with Crippen molar-refractivity contribution < 1.29 is 14.4 Å². The molecule has 0 saturated carbocycles. The lowest BCUT2D eigenvalue weighted by Crippen LogP contribution is -2.03. The lowest BCUT2D eigenvalue weighted by molar-refractivity contribution is -0.385. The summed E-state index contributed by atoms with van der Waals surface area (Å²) in [7, 11) is 1.64. The smallest absolute Gasteiger partial charge is 0.311 e. The Bertz CT molecular complexity index is 474. The molecule has 0 heterocycles. The highest BCUT2D eigenvalue weighted by atomic mass is 16.6. The van der Waals surface area contributed by atoms with E-state index in [1.807, 2.05) is 6.92 Å². The monoisotopic (exact) mass is 267 g/mol. The summed E-state index contributed by atoms with van der Waals surface area (Å²) in [4.78, 5) is 10.5. The number of hydrogen-bond acceptors (Lipinski definition) is 6. The largest absolute Gasteiger partial charge is 0.493 e. The van der Waals surface area contributed by atoms with Crippen molar-refractivity contribution in [2.75, 3.05) is 20.3 Å². The van der Waals surface area contributed by atoms with Gasteiger partial charge >= 0.3 is 5.69 Å². The second-order valence-electron chi connectivity index (χ2n) is 3.46. The van der Waals surface area contributed by atoms with Crippen molar-refractivity contribution in [3.8, 4) is 11.5 Å². The zero-order valence-electron chi connectivity index (χ0n) is 11.2. The zero-order valence-corrected chi connectivity index (χ0v) is 11.2. The van der Waals surface area contributed by atoms with E-state index in [4.69, 9.17) is 9.47 Å². The van der Waals surface area contributed by atoms with Gasteiger partial charge in [0.25, 0.3) is 0 Å². The average Bonchev–Trinajstić information content (AvgIpc) is 2.38. The SMILES string of the molecule is CCOc1cc(OCC)c([N+](=O)[O-])cc1/C=N/NC. The Labute approximate surface area is 111 Å². The molecule has 1 aromatic carbocycles. The first kappa shape index (κ1) is 14.7. The number of hydrogen-bond donors (Lipinski definition) is 1. The highest BCUT2D eigenvalue weighted by molar-refractivity contribution is 5.85. The summed E-state index contributed by atoms with van der Waals surface area (Å²) >= 11 is 0. The Morgan fingerprint density at radius 3 is 2.47 bits per heavy atom. The average molecular weight is 267 g/mol. The van der Waals surface area contributed by atoms with Gasteiger partial charge in [-0.25, -0.2) is 0 Å². The molecule has 0 spiro atoms. The van der Waals surface area contributed by atoms with Gasteiger partial charge < -0.3 is 14.9 Å². The first-order chi connectivity index (χ1) is 9.13. The van der Waals surface area contributed by atoms with Crippen molar-refractivity contribution in [1.29, 1.82) is 0 Å². The highest BCUT2D eigenvalue weighted by Gasteiger charge is 2.19. The summed E-state index contributed by atoms with van der Waals surface area (Å²) in [6.07, 6.45) is 1.47. The molecule has 0 aromatic heterocycles. The van der Waals surface area contributed by atoms with Crippen LogP contribution in [-0.4, -0.2) is 31.4 Å². The summed E-state index contributed by atoms with van der Waals surface area (Å²) in [6, 6.07) is 2.90. The van der Waals surface area contributed by atoms with Crippen molar-refractivity contribution in [2.24, 2.45) is 5.10 Å². The Kier molecular flexibility index (Phi) is 5.59. The molecule has 0 unspecified atom stereocenters. The van der Waals surface area contributed by atoms with E-state index < -0.39 is 4.92 Å². The Morgan fingerprint density at radius 2 is 1.95 bits per heavy atom. The maximum absolute atomic E-state index is 11.0. The number of nitro groups is 1. The molecule has 0 fully saturated rings. The van der Waals surface area contributed by atoms with Crippen LogP contribution in [0.4, 0.5) is 5.69 Å². The summed E-state index contributed by atoms with van der Waals surface area (Å²) in [5.74, 6) is 0.688. The standard InChI is InChI=1S/C12H17N3O4/c1-4-18-11-7-12(19-5-2)10(15(16)17)6-9(11)8-14-13-3/h6-8,13H,4-5H2,1-3H3/b14-8+. The summed E-state index contributed by atoms with van der Waals surface area (Å²) in [6.45, 7) is 4.39. The van der Waals surface area contributed by atoms with Crippen molar-refractivity contribution >= 4 is 11.9 Å². The van der Waals surface area contributed by atoms with Gasteiger partial charge in [-0.3, -0.25) is 10.1 Å². The molecule has 19 heavy (non-hydrogen) atoms. The van der Waals surface area contributed by atoms with Gasteiger partial charge in [-0.1, -0.05) is 0 Å². The molecule has 7 heteroatoms. The number of nitrogens with one attached hydrogen (secondary N) is 1. The molecule has 0 saturated heterocycles. The van der Waals surface area contributed by atoms with E-state index in [-0.39, 0.29) is 11.4 Å². The fraction of sp³-hybridized carbons (Fsp3) is 0.417. The maximum atomic E-state index is 11.0. The molecule has 1 N–H and O–H groups in total. The molecule has 0 aliphatic carbocycles. The summed E-state index contributed by atoms with van der Waals surface area (Å²) in [5.41, 5.74) is 3.00. The van der Waals surface area contributed by atoms with Gasteiger partial charge in [-0.2, -0.15) is 5.10 Å². The predicted molar refractivity (Wildman–Crippen MR) is 72.1 cm³/mol. The molecule has 0 aliphatic rings. The van der Waals surface area contributed by atoms with Crippen molar-refractivity contribution in [1.82, 2.24) is 5.43 Å². The van der Waals surface area contributed by atoms with Crippen molar-refractivity contribution in [3.05, 3.63) is 27.8 Å². The molecule has 0 amide bonds. The van der Waals surface area contributed by atoms with Gasteiger partial charge in [-0.05, 0) is 13.8 Å². The molecule has 0 atom stereocenters. The van der Waals surface area contributed by atoms with Crippen molar-refractivity contribution in [2.45, 2.75) is 13.8 Å². The van der Waals surface area contributed by atoms with Crippen LogP contribution in [0.1, 0.15) is 19.4 Å². The fourth-order valence-corrected chi connectivity index (χ4v) is 1.50. The molecule has 1 rings (SSSR count). The van der Waals surface area contributed by atoms with Gasteiger partial charge in [0, 0.05) is 24.7 Å². The topological polar surface area (TPSA) is 86.0 Å². The minimum atomic E-state index is -0.489. The molecule has 0 radical (unpaired) electrons. The van der Waals surface area contributed by atoms with Crippen LogP contribution < -0.4 is 14.9 Å². The lowest BCUT2D eigenvalue weighted by atomic mass is 10.1. The molecule has 7 nitrogen and oxygen atoms in total. The number of hydrazone groups is 1. The van der Waals surface area contributed by atoms with E-state index in [0.717, 1.165) is 0 Å². The first-order valence-corrected chi connectivity index (χ1v) is 5.91. The quantitative estimate of drug-likeness (QED) is 0.463. The third-order valence-corrected chi connectivity index (χ3v) is 2.22. The third kappa shape index (κ3) is 3.84. The Hall–Kier alpha value is -2.31. The van der Waals surface area contributed by atoms with E-state index in [2.05, 4.69) is 10.5 Å². The lowest BCUT2D eigenvalue weighted by Gasteiger charge is -2.10. The summed E-state index contributed by atoms with van der Waals surface area (Å²) < 4.78 is 10.7. The number of benzene rings is 1. The molecule has 104 valence electrons. The van der Waals surface area contributed by atoms with Crippen LogP contribution in [0.5, 0.6) is 11.5 Å². The second kappa shape index (κ2) is 7.20. The maximum Gasteiger partial charge on any atom is 0.311 e. The molecular weight excluding hydrogens is 250 g/mol. The van der Waals surface area contributed by atoms with Crippen LogP contribution in [-0.2, 0) is 0 Å². The van der Waals surface area contributed by atoms with Crippen LogP contribution in [0.15, 0.2) is 17.2 Å². The van der Waals surface area contributed by atoms with E-state index in [0.29, 0.717) is 24.5 Å². The fourth-order valence-electron chi connectivity index (χ4n) is 1.50. The number of ether oxygens (including phenoxy) is 2. The summed E-state index contributed by atoms with van der Waals surface area (Å²) in [5, 5.41) is 14.9. The first-order valence-electron chi connectivity index (χ1n) is 5.91. The van der Waals surface area contributed by atoms with Crippen LogP contribution in [0, 0.1) is 10.1 Å². The number of nitro benzene ring substituents is 1. The molecular formula is C12H17N3O4.